The second-order valence-electron chi connectivity index (χ2n) is 6.88. The van der Waals surface area contributed by atoms with E-state index in [1.165, 1.54) is 6.92 Å². The van der Waals surface area contributed by atoms with E-state index < -0.39 is 0 Å². The van der Waals surface area contributed by atoms with E-state index in [0.717, 1.165) is 38.4 Å². The average molecular weight is 297 g/mol. The first-order valence-corrected chi connectivity index (χ1v) is 7.96. The van der Waals surface area contributed by atoms with Gasteiger partial charge in [-0.25, -0.2) is 0 Å². The van der Waals surface area contributed by atoms with Crippen molar-refractivity contribution in [3.05, 3.63) is 0 Å². The normalized spacial score (nSPS) is 19.0. The van der Waals surface area contributed by atoms with Crippen molar-refractivity contribution in [3.63, 3.8) is 0 Å². The van der Waals surface area contributed by atoms with Gasteiger partial charge in [-0.15, -0.1) is 0 Å². The van der Waals surface area contributed by atoms with Crippen molar-refractivity contribution in [2.75, 3.05) is 40.3 Å². The summed E-state index contributed by atoms with van der Waals surface area (Å²) in [5.74, 6) is 0.871. The molecule has 122 valence electrons. The lowest BCUT2D eigenvalue weighted by Gasteiger charge is -2.33. The summed E-state index contributed by atoms with van der Waals surface area (Å²) in [6, 6.07) is -0.358. The molecule has 0 aromatic rings. The second-order valence-corrected chi connectivity index (χ2v) is 6.88. The van der Waals surface area contributed by atoms with Gasteiger partial charge in [-0.2, -0.15) is 0 Å². The van der Waals surface area contributed by atoms with Crippen LogP contribution in [0.4, 0.5) is 0 Å². The Bertz CT molecular complexity index is 347. The first-order valence-electron chi connectivity index (χ1n) is 7.96. The van der Waals surface area contributed by atoms with Gasteiger partial charge in [-0.1, -0.05) is 13.8 Å². The van der Waals surface area contributed by atoms with Gasteiger partial charge in [0.2, 0.25) is 5.91 Å². The van der Waals surface area contributed by atoms with E-state index in [9.17, 15) is 9.59 Å². The van der Waals surface area contributed by atoms with Gasteiger partial charge < -0.3 is 10.2 Å². The number of carbonyl (C=O) groups is 2. The van der Waals surface area contributed by atoms with Crippen molar-refractivity contribution in [1.82, 2.24) is 15.1 Å². The fourth-order valence-electron chi connectivity index (χ4n) is 3.00. The highest BCUT2D eigenvalue weighted by Gasteiger charge is 2.24. The molecule has 1 heterocycles. The maximum absolute atomic E-state index is 12.1. The lowest BCUT2D eigenvalue weighted by Crippen LogP contribution is -2.48. The van der Waals surface area contributed by atoms with Crippen LogP contribution in [0.15, 0.2) is 0 Å². The highest BCUT2D eigenvalue weighted by Crippen LogP contribution is 2.17. The fourth-order valence-corrected chi connectivity index (χ4v) is 3.00. The summed E-state index contributed by atoms with van der Waals surface area (Å²) in [5.41, 5.74) is 0. The van der Waals surface area contributed by atoms with Crippen LogP contribution in [-0.4, -0.2) is 67.8 Å². The van der Waals surface area contributed by atoms with E-state index in [-0.39, 0.29) is 23.7 Å². The lowest BCUT2D eigenvalue weighted by atomic mass is 9.96. The van der Waals surface area contributed by atoms with Gasteiger partial charge in [0.05, 0.1) is 12.6 Å². The van der Waals surface area contributed by atoms with E-state index in [0.29, 0.717) is 6.54 Å². The largest absolute Gasteiger partial charge is 0.345 e. The fraction of sp³-hybridized carbons (Fsp3) is 0.875. The van der Waals surface area contributed by atoms with Crippen LogP contribution in [-0.2, 0) is 9.59 Å². The summed E-state index contributed by atoms with van der Waals surface area (Å²) in [5, 5.41) is 2.87. The lowest BCUT2D eigenvalue weighted by molar-refractivity contribution is -0.128. The Hall–Kier alpha value is -0.940. The molecule has 1 aliphatic rings. The first-order chi connectivity index (χ1) is 9.79. The number of carbonyl (C=O) groups excluding carboxylic acids is 2. The van der Waals surface area contributed by atoms with Gasteiger partial charge in [0.25, 0.3) is 0 Å². The topological polar surface area (TPSA) is 52.7 Å². The summed E-state index contributed by atoms with van der Waals surface area (Å²) >= 11 is 0. The molecule has 0 aromatic carbocycles. The van der Waals surface area contributed by atoms with Gasteiger partial charge in [-0.3, -0.25) is 14.5 Å². The Morgan fingerprint density at radius 1 is 1.24 bits per heavy atom. The minimum absolute atomic E-state index is 0.0306. The van der Waals surface area contributed by atoms with E-state index >= 15 is 0 Å². The molecule has 21 heavy (non-hydrogen) atoms. The minimum Gasteiger partial charge on any atom is -0.345 e. The zero-order valence-electron chi connectivity index (χ0n) is 14.2. The highest BCUT2D eigenvalue weighted by molar-refractivity contribution is 5.88. The maximum atomic E-state index is 12.1. The van der Waals surface area contributed by atoms with Crippen molar-refractivity contribution >= 4 is 11.7 Å². The van der Waals surface area contributed by atoms with Gasteiger partial charge in [-0.05, 0) is 58.8 Å². The Labute approximate surface area is 129 Å². The third-order valence-electron chi connectivity index (χ3n) is 4.12. The predicted octanol–water partition coefficient (Wildman–Crippen LogP) is 0.990. The zero-order valence-corrected chi connectivity index (χ0v) is 14.2. The minimum atomic E-state index is -0.358. The third-order valence-corrected chi connectivity index (χ3v) is 4.12. The zero-order chi connectivity index (χ0) is 16.0. The number of ketones is 1. The number of rotatable bonds is 7. The Morgan fingerprint density at radius 2 is 1.81 bits per heavy atom. The summed E-state index contributed by atoms with van der Waals surface area (Å²) in [6.07, 6.45) is 2.29. The number of hydrogen-bond acceptors (Lipinski definition) is 4. The van der Waals surface area contributed by atoms with Crippen molar-refractivity contribution in [2.24, 2.45) is 11.8 Å². The van der Waals surface area contributed by atoms with Crippen LogP contribution < -0.4 is 5.32 Å². The van der Waals surface area contributed by atoms with E-state index in [4.69, 9.17) is 0 Å². The molecular weight excluding hydrogens is 266 g/mol. The van der Waals surface area contributed by atoms with Gasteiger partial charge in [0.15, 0.2) is 5.78 Å². The van der Waals surface area contributed by atoms with Crippen LogP contribution in [0.3, 0.4) is 0 Å². The Kier molecular flexibility index (Phi) is 7.32. The molecule has 0 radical (unpaired) electrons. The molecular formula is C16H31N3O2. The first kappa shape index (κ1) is 18.1. The Balaban J connectivity index is 2.35. The summed E-state index contributed by atoms with van der Waals surface area (Å²) in [6.45, 7) is 8.93. The number of likely N-dealkylation sites (tertiary alicyclic amines) is 1. The number of piperidine rings is 1. The van der Waals surface area contributed by atoms with Crippen molar-refractivity contribution < 1.29 is 9.59 Å². The molecule has 5 nitrogen and oxygen atoms in total. The summed E-state index contributed by atoms with van der Waals surface area (Å²) in [7, 11) is 4.21. The highest BCUT2D eigenvalue weighted by atomic mass is 16.2. The van der Waals surface area contributed by atoms with Crippen LogP contribution in [0, 0.1) is 11.8 Å². The quantitative estimate of drug-likeness (QED) is 0.761. The van der Waals surface area contributed by atoms with E-state index in [1.54, 1.807) is 0 Å². The molecule has 5 heteroatoms. The number of amides is 1. The van der Waals surface area contributed by atoms with Gasteiger partial charge >= 0.3 is 0 Å². The summed E-state index contributed by atoms with van der Waals surface area (Å²) in [4.78, 5) is 28.0. The molecule has 0 bridgehead atoms. The maximum Gasteiger partial charge on any atom is 0.234 e. The van der Waals surface area contributed by atoms with Gasteiger partial charge in [0.1, 0.15) is 0 Å². The average Bonchev–Trinajstić information content (AvgIpc) is 2.37. The van der Waals surface area contributed by atoms with Crippen molar-refractivity contribution in [3.8, 4) is 0 Å². The number of nitrogens with one attached hydrogen (secondary N) is 1. The van der Waals surface area contributed by atoms with Crippen molar-refractivity contribution in [1.29, 1.82) is 0 Å². The SMILES string of the molecule is CC(=O)C(NC(=O)CN1CCC(CN(C)C)CC1)C(C)C. The molecule has 1 N–H and O–H groups in total. The third kappa shape index (κ3) is 6.57. The number of nitrogens with zero attached hydrogens (tertiary/aromatic N) is 2. The second kappa shape index (κ2) is 8.49. The molecule has 1 aliphatic heterocycles. The van der Waals surface area contributed by atoms with Crippen LogP contribution in [0.2, 0.25) is 0 Å². The molecule has 0 aromatic heterocycles. The number of hydrogen-bond donors (Lipinski definition) is 1. The molecule has 1 rings (SSSR count). The molecule has 1 fully saturated rings. The molecule has 0 aliphatic carbocycles. The standard InChI is InChI=1S/C16H31N3O2/c1-12(2)16(13(3)20)17-15(21)11-19-8-6-14(7-9-19)10-18(4)5/h12,14,16H,6-11H2,1-5H3,(H,17,21). The van der Waals surface area contributed by atoms with E-state index in [2.05, 4.69) is 29.2 Å². The molecule has 1 amide bonds. The van der Waals surface area contributed by atoms with Crippen LogP contribution in [0.1, 0.15) is 33.6 Å². The monoisotopic (exact) mass is 297 g/mol. The molecule has 0 spiro atoms. The molecule has 1 atom stereocenters. The summed E-state index contributed by atoms with van der Waals surface area (Å²) < 4.78 is 0. The van der Waals surface area contributed by atoms with Crippen LogP contribution in [0.5, 0.6) is 0 Å². The predicted molar refractivity (Wildman–Crippen MR) is 85.2 cm³/mol. The molecule has 0 saturated carbocycles. The van der Waals surface area contributed by atoms with E-state index in [1.807, 2.05) is 13.8 Å². The number of Topliss-reactive ketones (excluding diaryl/α,β-unsaturated/α-hetero) is 1. The molecule has 1 unspecified atom stereocenters. The van der Waals surface area contributed by atoms with Crippen LogP contribution in [0.25, 0.3) is 0 Å². The molecule has 1 saturated heterocycles. The smallest absolute Gasteiger partial charge is 0.234 e. The van der Waals surface area contributed by atoms with Crippen LogP contribution >= 0.6 is 0 Å². The van der Waals surface area contributed by atoms with Gasteiger partial charge in [0, 0.05) is 6.54 Å². The Morgan fingerprint density at radius 3 is 2.24 bits per heavy atom. The van der Waals surface area contributed by atoms with Crippen molar-refractivity contribution in [2.45, 2.75) is 39.7 Å².